The molecule has 1 aromatic heterocycles. The Hall–Kier alpha value is -3.35. The Kier molecular flexibility index (Phi) is 5.21. The van der Waals surface area contributed by atoms with Gasteiger partial charge in [-0.15, -0.1) is 0 Å². The number of allylic oxidation sites excluding steroid dienone is 1. The number of aliphatic hydroxyl groups is 1. The van der Waals surface area contributed by atoms with Crippen LogP contribution in [0, 0.1) is 13.8 Å². The third-order valence-corrected chi connectivity index (χ3v) is 5.75. The number of amides is 1. The van der Waals surface area contributed by atoms with Gasteiger partial charge in [-0.05, 0) is 56.2 Å². The Morgan fingerprint density at radius 2 is 1.90 bits per heavy atom. The molecular formula is C25H25NO5. The molecule has 0 fully saturated rings. The van der Waals surface area contributed by atoms with Crippen LogP contribution in [0.3, 0.4) is 0 Å². The highest BCUT2D eigenvalue weighted by atomic mass is 16.5. The first-order valence-corrected chi connectivity index (χ1v) is 10.0. The van der Waals surface area contributed by atoms with Gasteiger partial charge in [-0.25, -0.2) is 0 Å². The van der Waals surface area contributed by atoms with Gasteiger partial charge in [0.2, 0.25) is 0 Å². The lowest BCUT2D eigenvalue weighted by Crippen LogP contribution is -2.52. The fourth-order valence-corrected chi connectivity index (χ4v) is 4.33. The molecule has 3 N–H and O–H groups in total. The molecular weight excluding hydrogens is 394 g/mol. The topological polar surface area (TPSA) is 91.9 Å². The number of ether oxygens (including phenoxy) is 1. The van der Waals surface area contributed by atoms with E-state index in [-0.39, 0.29) is 11.3 Å². The lowest BCUT2D eigenvalue weighted by Gasteiger charge is -2.40. The number of phenolic OH excluding ortho intramolecular Hbond substituents is 1. The minimum absolute atomic E-state index is 0.122. The van der Waals surface area contributed by atoms with Crippen molar-refractivity contribution in [2.24, 2.45) is 0 Å². The first-order valence-electron chi connectivity index (χ1n) is 10.0. The predicted molar refractivity (Wildman–Crippen MR) is 119 cm³/mol. The zero-order chi connectivity index (χ0) is 22.3. The van der Waals surface area contributed by atoms with Gasteiger partial charge in [-0.3, -0.25) is 4.79 Å². The van der Waals surface area contributed by atoms with E-state index in [0.717, 1.165) is 22.7 Å². The van der Waals surface area contributed by atoms with Crippen molar-refractivity contribution in [3.05, 3.63) is 82.3 Å². The average Bonchev–Trinajstić information content (AvgIpc) is 3.08. The molecule has 2 atom stereocenters. The minimum Gasteiger partial charge on any atom is -0.507 e. The molecule has 3 aromatic rings. The van der Waals surface area contributed by atoms with Crippen LogP contribution in [-0.4, -0.2) is 29.3 Å². The van der Waals surface area contributed by atoms with Crippen molar-refractivity contribution in [3.8, 4) is 5.75 Å². The number of methoxy groups -OCH3 is 1. The van der Waals surface area contributed by atoms with Crippen LogP contribution >= 0.6 is 0 Å². The van der Waals surface area contributed by atoms with Gasteiger partial charge in [0.15, 0.2) is 11.7 Å². The highest BCUT2D eigenvalue weighted by molar-refractivity contribution is 6.01. The summed E-state index contributed by atoms with van der Waals surface area (Å²) in [6.07, 6.45) is 0.601. The molecule has 6 heteroatoms. The zero-order valence-corrected chi connectivity index (χ0v) is 17.9. The zero-order valence-electron chi connectivity index (χ0n) is 17.9. The van der Waals surface area contributed by atoms with Crippen LogP contribution in [0.15, 0.2) is 52.9 Å². The number of phenols is 1. The molecule has 2 aromatic carbocycles. The summed E-state index contributed by atoms with van der Waals surface area (Å²) in [5, 5.41) is 25.8. The number of carbonyl (C=O) groups is 1. The molecule has 6 nitrogen and oxygen atoms in total. The number of furan rings is 1. The number of rotatable bonds is 4. The first-order chi connectivity index (χ1) is 14.8. The van der Waals surface area contributed by atoms with Crippen LogP contribution in [0.1, 0.15) is 40.7 Å². The van der Waals surface area contributed by atoms with Gasteiger partial charge in [0.1, 0.15) is 17.3 Å². The molecule has 0 spiro atoms. The van der Waals surface area contributed by atoms with Gasteiger partial charge < -0.3 is 24.7 Å². The molecule has 1 aliphatic heterocycles. The van der Waals surface area contributed by atoms with E-state index in [9.17, 15) is 15.0 Å². The summed E-state index contributed by atoms with van der Waals surface area (Å²) in [7, 11) is 1.36. The number of fused-ring (bicyclic) bond motifs is 1. The van der Waals surface area contributed by atoms with Crippen LogP contribution < -0.4 is 5.32 Å². The third-order valence-electron chi connectivity index (χ3n) is 5.75. The third kappa shape index (κ3) is 3.34. The van der Waals surface area contributed by atoms with Crippen molar-refractivity contribution in [1.82, 2.24) is 0 Å². The molecule has 0 radical (unpaired) electrons. The highest BCUT2D eigenvalue weighted by Crippen LogP contribution is 2.48. The Balaban J connectivity index is 1.92. The van der Waals surface area contributed by atoms with Crippen LogP contribution in [0.2, 0.25) is 0 Å². The monoisotopic (exact) mass is 419 g/mol. The van der Waals surface area contributed by atoms with Gasteiger partial charge in [-0.1, -0.05) is 30.3 Å². The summed E-state index contributed by atoms with van der Waals surface area (Å²) in [4.78, 5) is 12.7. The van der Waals surface area contributed by atoms with E-state index in [2.05, 4.69) is 5.32 Å². The van der Waals surface area contributed by atoms with Crippen molar-refractivity contribution in [2.75, 3.05) is 12.4 Å². The van der Waals surface area contributed by atoms with Gasteiger partial charge >= 0.3 is 0 Å². The van der Waals surface area contributed by atoms with Crippen LogP contribution in [0.25, 0.3) is 11.6 Å². The smallest absolute Gasteiger partial charge is 0.257 e. The molecule has 2 heterocycles. The molecule has 0 aliphatic carbocycles. The van der Waals surface area contributed by atoms with E-state index in [1.54, 1.807) is 36.4 Å². The second-order valence-electron chi connectivity index (χ2n) is 7.82. The molecule has 2 unspecified atom stereocenters. The number of aromatic hydroxyl groups is 1. The summed E-state index contributed by atoms with van der Waals surface area (Å²) < 4.78 is 11.0. The number of nitrogens with one attached hydrogen (secondary N) is 1. The van der Waals surface area contributed by atoms with E-state index >= 15 is 0 Å². The van der Waals surface area contributed by atoms with E-state index < -0.39 is 17.6 Å². The van der Waals surface area contributed by atoms with E-state index in [4.69, 9.17) is 9.15 Å². The van der Waals surface area contributed by atoms with E-state index in [0.29, 0.717) is 16.8 Å². The van der Waals surface area contributed by atoms with Gasteiger partial charge in [0.25, 0.3) is 5.91 Å². The largest absolute Gasteiger partial charge is 0.507 e. The molecule has 4 rings (SSSR count). The maximum atomic E-state index is 12.7. The summed E-state index contributed by atoms with van der Waals surface area (Å²) in [6, 6.07) is 14.1. The fraction of sp³-hybridized carbons (Fsp3) is 0.240. The number of aryl methyl sites for hydroxylation is 2. The molecule has 0 saturated carbocycles. The molecule has 1 aliphatic rings. The maximum absolute atomic E-state index is 12.7. The lowest BCUT2D eigenvalue weighted by molar-refractivity contribution is -0.142. The Morgan fingerprint density at radius 1 is 1.19 bits per heavy atom. The second-order valence-corrected chi connectivity index (χ2v) is 7.82. The standard InChI is InChI=1S/C25H25NO5/c1-14(19-13-15(2)31-16(19)3)12-17-10-11-20-21(22(17)27)25(29,18-8-6-5-7-9-18)23(30-4)24(28)26-20/h5-13,23,27,29H,1-4H3,(H,26,28). The lowest BCUT2D eigenvalue weighted by atomic mass is 9.76. The Labute approximate surface area is 180 Å². The number of carbonyl (C=O) groups excluding carboxylic acids is 1. The van der Waals surface area contributed by atoms with Crippen LogP contribution in [0.4, 0.5) is 5.69 Å². The average molecular weight is 419 g/mol. The van der Waals surface area contributed by atoms with E-state index in [1.807, 2.05) is 39.0 Å². The molecule has 160 valence electrons. The molecule has 1 amide bonds. The number of anilines is 1. The van der Waals surface area contributed by atoms with Crippen LogP contribution in [0.5, 0.6) is 5.75 Å². The fourth-order valence-electron chi connectivity index (χ4n) is 4.33. The summed E-state index contributed by atoms with van der Waals surface area (Å²) in [5.41, 5.74) is 1.48. The number of benzene rings is 2. The normalized spacial score (nSPS) is 21.0. The molecule has 0 saturated heterocycles. The van der Waals surface area contributed by atoms with Crippen molar-refractivity contribution in [2.45, 2.75) is 32.5 Å². The van der Waals surface area contributed by atoms with Crippen molar-refractivity contribution in [3.63, 3.8) is 0 Å². The predicted octanol–water partition coefficient (Wildman–Crippen LogP) is 4.37. The Morgan fingerprint density at radius 3 is 2.52 bits per heavy atom. The first kappa shape index (κ1) is 20.9. The van der Waals surface area contributed by atoms with Crippen molar-refractivity contribution < 1.29 is 24.2 Å². The van der Waals surface area contributed by atoms with Crippen molar-refractivity contribution in [1.29, 1.82) is 0 Å². The SMILES string of the molecule is COC1C(=O)Nc2ccc(C=C(C)c3cc(C)oc3C)c(O)c2C1(O)c1ccccc1. The maximum Gasteiger partial charge on any atom is 0.257 e. The highest BCUT2D eigenvalue weighted by Gasteiger charge is 2.51. The molecule has 31 heavy (non-hydrogen) atoms. The summed E-state index contributed by atoms with van der Waals surface area (Å²) in [5.74, 6) is 0.989. The number of hydrogen-bond donors (Lipinski definition) is 3. The number of hydrogen-bond acceptors (Lipinski definition) is 5. The van der Waals surface area contributed by atoms with Gasteiger partial charge in [-0.2, -0.15) is 0 Å². The van der Waals surface area contributed by atoms with Gasteiger partial charge in [0.05, 0.1) is 11.3 Å². The minimum atomic E-state index is -1.86. The molecule has 0 bridgehead atoms. The van der Waals surface area contributed by atoms with Gasteiger partial charge in [0, 0.05) is 18.2 Å². The summed E-state index contributed by atoms with van der Waals surface area (Å²) >= 11 is 0. The van der Waals surface area contributed by atoms with E-state index in [1.165, 1.54) is 7.11 Å². The Bertz CT molecular complexity index is 1180. The van der Waals surface area contributed by atoms with Crippen molar-refractivity contribution >= 4 is 23.2 Å². The summed E-state index contributed by atoms with van der Waals surface area (Å²) in [6.45, 7) is 5.70. The van der Waals surface area contributed by atoms with Crippen LogP contribution in [-0.2, 0) is 15.1 Å². The second kappa shape index (κ2) is 7.72. The quantitative estimate of drug-likeness (QED) is 0.584.